The zero-order valence-corrected chi connectivity index (χ0v) is 14.2. The van der Waals surface area contributed by atoms with Crippen LogP contribution in [0.1, 0.15) is 58.3 Å². The van der Waals surface area contributed by atoms with Crippen LogP contribution in [0.4, 0.5) is 5.13 Å². The first-order valence-electron chi connectivity index (χ1n) is 7.97. The lowest BCUT2D eigenvalue weighted by molar-refractivity contribution is 0.206. The van der Waals surface area contributed by atoms with E-state index in [0.29, 0.717) is 11.5 Å². The molecule has 1 heterocycles. The number of aromatic nitrogens is 1. The van der Waals surface area contributed by atoms with E-state index in [2.05, 4.69) is 42.9 Å². The van der Waals surface area contributed by atoms with Crippen LogP contribution in [-0.2, 0) is 6.54 Å². The second-order valence-electron chi connectivity index (χ2n) is 6.60. The Morgan fingerprint density at radius 1 is 1.30 bits per heavy atom. The quantitative estimate of drug-likeness (QED) is 0.858. The van der Waals surface area contributed by atoms with Crippen LogP contribution in [0.25, 0.3) is 0 Å². The Bertz CT molecular complexity index is 400. The highest BCUT2D eigenvalue weighted by Crippen LogP contribution is 2.35. The van der Waals surface area contributed by atoms with Crippen molar-refractivity contribution in [3.8, 4) is 0 Å². The fourth-order valence-electron chi connectivity index (χ4n) is 2.87. The van der Waals surface area contributed by atoms with Crippen LogP contribution >= 0.6 is 11.3 Å². The normalized spacial score (nSPS) is 19.2. The van der Waals surface area contributed by atoms with E-state index in [9.17, 15) is 0 Å². The van der Waals surface area contributed by atoms with Gasteiger partial charge in [-0.25, -0.2) is 4.98 Å². The summed E-state index contributed by atoms with van der Waals surface area (Å²) in [5.41, 5.74) is 0.554. The van der Waals surface area contributed by atoms with Crippen molar-refractivity contribution >= 4 is 16.5 Å². The van der Waals surface area contributed by atoms with Crippen molar-refractivity contribution in [2.24, 2.45) is 5.41 Å². The molecule has 20 heavy (non-hydrogen) atoms. The third kappa shape index (κ3) is 4.19. The fourth-order valence-corrected chi connectivity index (χ4v) is 3.86. The van der Waals surface area contributed by atoms with Crippen LogP contribution in [0, 0.1) is 5.41 Å². The molecule has 0 radical (unpaired) electrons. The van der Waals surface area contributed by atoms with Gasteiger partial charge in [-0.2, -0.15) is 0 Å². The summed E-state index contributed by atoms with van der Waals surface area (Å²) in [7, 11) is 0. The number of thiazole rings is 1. The van der Waals surface area contributed by atoms with Crippen LogP contribution in [0.2, 0.25) is 0 Å². The summed E-state index contributed by atoms with van der Waals surface area (Å²) in [5, 5.41) is 4.88. The highest BCUT2D eigenvalue weighted by molar-refractivity contribution is 7.15. The molecule has 0 bridgehead atoms. The topological polar surface area (TPSA) is 28.2 Å². The van der Waals surface area contributed by atoms with Gasteiger partial charge in [0.2, 0.25) is 0 Å². The van der Waals surface area contributed by atoms with Gasteiger partial charge in [-0.3, -0.25) is 0 Å². The smallest absolute Gasteiger partial charge is 0.185 e. The summed E-state index contributed by atoms with van der Waals surface area (Å²) in [6.07, 6.45) is 7.36. The van der Waals surface area contributed by atoms with Crippen LogP contribution in [-0.4, -0.2) is 24.1 Å². The summed E-state index contributed by atoms with van der Waals surface area (Å²) >= 11 is 1.83. The van der Waals surface area contributed by atoms with E-state index in [1.54, 1.807) is 0 Å². The monoisotopic (exact) mass is 295 g/mol. The standard InChI is InChI=1S/C16H29N3S/c1-5-19(6-2)15-18-12-14(20-15)11-17-13-7-9-16(3,4)10-8-13/h12-13,17H,5-11H2,1-4H3. The molecule has 114 valence electrons. The lowest BCUT2D eigenvalue weighted by Gasteiger charge is -2.34. The van der Waals surface area contributed by atoms with Crippen LogP contribution in [0.3, 0.4) is 0 Å². The van der Waals surface area contributed by atoms with Crippen LogP contribution < -0.4 is 10.2 Å². The van der Waals surface area contributed by atoms with Gasteiger partial charge in [0.1, 0.15) is 0 Å². The van der Waals surface area contributed by atoms with Gasteiger partial charge in [-0.05, 0) is 44.9 Å². The average molecular weight is 295 g/mol. The maximum Gasteiger partial charge on any atom is 0.185 e. The molecule has 0 spiro atoms. The molecule has 1 aromatic rings. The number of anilines is 1. The van der Waals surface area contributed by atoms with Gasteiger partial charge in [0.25, 0.3) is 0 Å². The van der Waals surface area contributed by atoms with Crippen molar-refractivity contribution in [3.05, 3.63) is 11.1 Å². The Balaban J connectivity index is 1.80. The minimum atomic E-state index is 0.554. The molecule has 1 saturated carbocycles. The number of hydrogen-bond acceptors (Lipinski definition) is 4. The molecular formula is C16H29N3S. The third-order valence-electron chi connectivity index (χ3n) is 4.48. The lowest BCUT2D eigenvalue weighted by Crippen LogP contribution is -2.34. The predicted octanol–water partition coefficient (Wildman–Crippen LogP) is 4.05. The van der Waals surface area contributed by atoms with Gasteiger partial charge in [0.05, 0.1) is 0 Å². The Hall–Kier alpha value is -0.610. The van der Waals surface area contributed by atoms with E-state index >= 15 is 0 Å². The molecule has 1 aromatic heterocycles. The van der Waals surface area contributed by atoms with E-state index in [4.69, 9.17) is 0 Å². The highest BCUT2D eigenvalue weighted by Gasteiger charge is 2.26. The van der Waals surface area contributed by atoms with Gasteiger partial charge in [-0.15, -0.1) is 11.3 Å². The Kier molecular flexibility index (Phi) is 5.44. The van der Waals surface area contributed by atoms with E-state index in [-0.39, 0.29) is 0 Å². The summed E-state index contributed by atoms with van der Waals surface area (Å²) in [4.78, 5) is 8.22. The van der Waals surface area contributed by atoms with Gasteiger partial charge < -0.3 is 10.2 Å². The van der Waals surface area contributed by atoms with E-state index in [1.165, 1.54) is 30.6 Å². The predicted molar refractivity (Wildman–Crippen MR) is 88.6 cm³/mol. The van der Waals surface area contributed by atoms with E-state index in [0.717, 1.165) is 24.8 Å². The molecule has 0 amide bonds. The second kappa shape index (κ2) is 6.90. The number of hydrogen-bond donors (Lipinski definition) is 1. The average Bonchev–Trinajstić information content (AvgIpc) is 2.88. The third-order valence-corrected chi connectivity index (χ3v) is 5.54. The van der Waals surface area contributed by atoms with Crippen molar-refractivity contribution in [3.63, 3.8) is 0 Å². The van der Waals surface area contributed by atoms with Crippen molar-refractivity contribution in [1.82, 2.24) is 10.3 Å². The van der Waals surface area contributed by atoms with Gasteiger partial charge in [-0.1, -0.05) is 13.8 Å². The maximum atomic E-state index is 4.55. The number of nitrogens with zero attached hydrogens (tertiary/aromatic N) is 2. The molecule has 4 heteroatoms. The summed E-state index contributed by atoms with van der Waals surface area (Å²) < 4.78 is 0. The van der Waals surface area contributed by atoms with Crippen molar-refractivity contribution in [2.75, 3.05) is 18.0 Å². The van der Waals surface area contributed by atoms with Crippen molar-refractivity contribution in [1.29, 1.82) is 0 Å². The van der Waals surface area contributed by atoms with Crippen LogP contribution in [0.5, 0.6) is 0 Å². The van der Waals surface area contributed by atoms with Crippen molar-refractivity contribution in [2.45, 2.75) is 66.0 Å². The molecule has 0 saturated heterocycles. The molecule has 0 aliphatic heterocycles. The molecule has 1 fully saturated rings. The Morgan fingerprint density at radius 3 is 2.55 bits per heavy atom. The molecular weight excluding hydrogens is 266 g/mol. The zero-order valence-electron chi connectivity index (χ0n) is 13.4. The molecule has 1 N–H and O–H groups in total. The first kappa shape index (κ1) is 15.8. The van der Waals surface area contributed by atoms with Gasteiger partial charge >= 0.3 is 0 Å². The zero-order chi connectivity index (χ0) is 14.6. The largest absolute Gasteiger partial charge is 0.349 e. The molecule has 0 unspecified atom stereocenters. The molecule has 2 rings (SSSR count). The highest BCUT2D eigenvalue weighted by atomic mass is 32.1. The molecule has 0 atom stereocenters. The SMILES string of the molecule is CCN(CC)c1ncc(CNC2CCC(C)(C)CC2)s1. The lowest BCUT2D eigenvalue weighted by atomic mass is 9.75. The Morgan fingerprint density at radius 2 is 1.95 bits per heavy atom. The maximum absolute atomic E-state index is 4.55. The number of rotatable bonds is 6. The molecule has 1 aliphatic carbocycles. The summed E-state index contributed by atoms with van der Waals surface area (Å²) in [6, 6.07) is 0.696. The number of nitrogens with one attached hydrogen (secondary N) is 1. The summed E-state index contributed by atoms with van der Waals surface area (Å²) in [6.45, 7) is 12.2. The fraction of sp³-hybridized carbons (Fsp3) is 0.812. The first-order valence-corrected chi connectivity index (χ1v) is 8.78. The van der Waals surface area contributed by atoms with E-state index in [1.807, 2.05) is 17.5 Å². The molecule has 0 aromatic carbocycles. The summed E-state index contributed by atoms with van der Waals surface area (Å²) in [5.74, 6) is 0. The minimum absolute atomic E-state index is 0.554. The van der Waals surface area contributed by atoms with Crippen molar-refractivity contribution < 1.29 is 0 Å². The molecule has 3 nitrogen and oxygen atoms in total. The van der Waals surface area contributed by atoms with E-state index < -0.39 is 0 Å². The van der Waals surface area contributed by atoms with Gasteiger partial charge in [0.15, 0.2) is 5.13 Å². The minimum Gasteiger partial charge on any atom is -0.349 e. The first-order chi connectivity index (χ1) is 9.54. The van der Waals surface area contributed by atoms with Gasteiger partial charge in [0, 0.05) is 36.8 Å². The second-order valence-corrected chi connectivity index (χ2v) is 7.69. The molecule has 1 aliphatic rings. The van der Waals surface area contributed by atoms with Crippen LogP contribution in [0.15, 0.2) is 6.20 Å². The Labute approximate surface area is 127 Å².